The highest BCUT2D eigenvalue weighted by Crippen LogP contribution is 2.19. The molecule has 100 valence electrons. The number of benzene rings is 1. The van der Waals surface area contributed by atoms with Gasteiger partial charge in [0.1, 0.15) is 5.69 Å². The Morgan fingerprint density at radius 1 is 1.33 bits per heavy atom. The van der Waals surface area contributed by atoms with Crippen LogP contribution in [0.4, 0.5) is 5.69 Å². The molecule has 0 aromatic heterocycles. The molecule has 5 nitrogen and oxygen atoms in total. The standard InChI is InChI=1S/C12H18N2O3S/c15-13-12-7-3-4-10(8-12)9-18(16,17)14-11-5-1-2-6-11/h3-4,7-8,11,14H,1-2,5-6,9,13H2. The van der Waals surface area contributed by atoms with E-state index in [0.717, 1.165) is 31.2 Å². The largest absolute Gasteiger partial charge is 0.630 e. The van der Waals surface area contributed by atoms with Crippen molar-refractivity contribution < 1.29 is 13.9 Å². The molecule has 0 unspecified atom stereocenters. The highest BCUT2D eigenvalue weighted by atomic mass is 32.2. The Morgan fingerprint density at radius 3 is 2.72 bits per heavy atom. The van der Waals surface area contributed by atoms with E-state index in [1.807, 2.05) is 0 Å². The zero-order chi connectivity index (χ0) is 13.0. The van der Waals surface area contributed by atoms with Gasteiger partial charge < -0.3 is 10.7 Å². The van der Waals surface area contributed by atoms with Gasteiger partial charge in [-0.25, -0.2) is 13.1 Å². The number of hydrogen-bond acceptors (Lipinski definition) is 3. The lowest BCUT2D eigenvalue weighted by Gasteiger charge is -2.12. The van der Waals surface area contributed by atoms with Gasteiger partial charge >= 0.3 is 0 Å². The molecule has 0 saturated heterocycles. The summed E-state index contributed by atoms with van der Waals surface area (Å²) in [6, 6.07) is 6.78. The molecule has 1 saturated carbocycles. The Labute approximate surface area is 107 Å². The first-order chi connectivity index (χ1) is 8.59. The lowest BCUT2D eigenvalue weighted by atomic mass is 10.2. The molecule has 0 bridgehead atoms. The van der Waals surface area contributed by atoms with Crippen LogP contribution in [0.15, 0.2) is 24.3 Å². The smallest absolute Gasteiger partial charge is 0.216 e. The molecule has 0 amide bonds. The molecule has 0 spiro atoms. The number of hydrogen-bond donors (Lipinski definition) is 2. The highest BCUT2D eigenvalue weighted by molar-refractivity contribution is 7.88. The van der Waals surface area contributed by atoms with Gasteiger partial charge in [-0.05, 0) is 24.5 Å². The Bertz CT molecular complexity index is 496. The predicted octanol–water partition coefficient (Wildman–Crippen LogP) is 0.741. The fraction of sp³-hybridized carbons (Fsp3) is 0.500. The molecular formula is C12H18N2O3S. The summed E-state index contributed by atoms with van der Waals surface area (Å²) in [6.45, 7) is 0. The maximum absolute atomic E-state index is 12.0. The van der Waals surface area contributed by atoms with Crippen LogP contribution in [0.5, 0.6) is 0 Å². The van der Waals surface area contributed by atoms with Crippen molar-refractivity contribution in [3.8, 4) is 0 Å². The summed E-state index contributed by atoms with van der Waals surface area (Å²) in [5.41, 5.74) is 1.87. The molecule has 0 radical (unpaired) electrons. The Balaban J connectivity index is 2.02. The molecule has 0 heterocycles. The van der Waals surface area contributed by atoms with Gasteiger partial charge in [0.15, 0.2) is 0 Å². The van der Waals surface area contributed by atoms with E-state index in [0.29, 0.717) is 11.3 Å². The van der Waals surface area contributed by atoms with Gasteiger partial charge in [-0.3, -0.25) is 0 Å². The number of rotatable bonds is 5. The van der Waals surface area contributed by atoms with Crippen LogP contribution >= 0.6 is 0 Å². The van der Waals surface area contributed by atoms with Crippen molar-refractivity contribution in [2.75, 3.05) is 0 Å². The van der Waals surface area contributed by atoms with Crippen LogP contribution in [-0.4, -0.2) is 14.5 Å². The van der Waals surface area contributed by atoms with E-state index in [4.69, 9.17) is 0 Å². The van der Waals surface area contributed by atoms with Gasteiger partial charge in [-0.1, -0.05) is 25.0 Å². The van der Waals surface area contributed by atoms with Crippen molar-refractivity contribution in [2.45, 2.75) is 37.5 Å². The minimum atomic E-state index is -3.31. The quantitative estimate of drug-likeness (QED) is 0.611. The zero-order valence-electron chi connectivity index (χ0n) is 10.1. The number of quaternary nitrogens is 1. The Morgan fingerprint density at radius 2 is 2.06 bits per heavy atom. The van der Waals surface area contributed by atoms with E-state index < -0.39 is 10.0 Å². The SMILES string of the molecule is O=S(=O)(Cc1cccc([NH2+][O-])c1)NC1CCCC1. The third-order valence-corrected chi connectivity index (χ3v) is 4.55. The minimum Gasteiger partial charge on any atom is -0.630 e. The Kier molecular flexibility index (Phi) is 4.34. The van der Waals surface area contributed by atoms with Crippen LogP contribution in [0.3, 0.4) is 0 Å². The first-order valence-electron chi connectivity index (χ1n) is 6.13. The van der Waals surface area contributed by atoms with Crippen LogP contribution in [-0.2, 0) is 15.8 Å². The van der Waals surface area contributed by atoms with Crippen molar-refractivity contribution in [2.24, 2.45) is 0 Å². The summed E-state index contributed by atoms with van der Waals surface area (Å²) in [5, 5.41) is 10.6. The molecule has 1 aromatic rings. The summed E-state index contributed by atoms with van der Waals surface area (Å²) in [6.07, 6.45) is 4.03. The fourth-order valence-corrected chi connectivity index (χ4v) is 3.76. The van der Waals surface area contributed by atoms with E-state index in [-0.39, 0.29) is 11.8 Å². The maximum atomic E-state index is 12.0. The van der Waals surface area contributed by atoms with Gasteiger partial charge in [0.05, 0.1) is 5.75 Å². The fourth-order valence-electron chi connectivity index (χ4n) is 2.31. The summed E-state index contributed by atoms with van der Waals surface area (Å²) in [5.74, 6) is -0.0643. The van der Waals surface area contributed by atoms with E-state index in [1.54, 1.807) is 24.3 Å². The molecule has 6 heteroatoms. The molecule has 1 aliphatic carbocycles. The molecule has 2 rings (SSSR count). The summed E-state index contributed by atoms with van der Waals surface area (Å²) < 4.78 is 26.6. The first kappa shape index (κ1) is 13.5. The number of nitrogens with two attached hydrogens (primary N) is 1. The van der Waals surface area contributed by atoms with Crippen molar-refractivity contribution in [1.29, 1.82) is 0 Å². The summed E-state index contributed by atoms with van der Waals surface area (Å²) in [7, 11) is -3.31. The van der Waals surface area contributed by atoms with Gasteiger partial charge in [-0.2, -0.15) is 0 Å². The van der Waals surface area contributed by atoms with Gasteiger partial charge in [0, 0.05) is 12.1 Å². The van der Waals surface area contributed by atoms with Crippen LogP contribution < -0.4 is 10.2 Å². The minimum absolute atomic E-state index is 0.0643. The third-order valence-electron chi connectivity index (χ3n) is 3.15. The van der Waals surface area contributed by atoms with Crippen LogP contribution in [0.25, 0.3) is 0 Å². The molecular weight excluding hydrogens is 252 g/mol. The number of sulfonamides is 1. The molecule has 3 N–H and O–H groups in total. The van der Waals surface area contributed by atoms with E-state index in [9.17, 15) is 13.6 Å². The van der Waals surface area contributed by atoms with E-state index in [2.05, 4.69) is 4.72 Å². The van der Waals surface area contributed by atoms with E-state index >= 15 is 0 Å². The number of nitrogens with one attached hydrogen (secondary N) is 1. The molecule has 18 heavy (non-hydrogen) atoms. The van der Waals surface area contributed by atoms with Crippen LogP contribution in [0, 0.1) is 5.21 Å². The average Bonchev–Trinajstić information content (AvgIpc) is 2.80. The van der Waals surface area contributed by atoms with Crippen LogP contribution in [0.1, 0.15) is 31.2 Å². The highest BCUT2D eigenvalue weighted by Gasteiger charge is 2.21. The predicted molar refractivity (Wildman–Crippen MR) is 69.4 cm³/mol. The molecule has 0 aliphatic heterocycles. The van der Waals surface area contributed by atoms with Crippen molar-refractivity contribution in [3.05, 3.63) is 35.0 Å². The molecule has 1 aliphatic rings. The monoisotopic (exact) mass is 270 g/mol. The second-order valence-electron chi connectivity index (χ2n) is 4.72. The third kappa shape index (κ3) is 3.78. The van der Waals surface area contributed by atoms with Crippen molar-refractivity contribution >= 4 is 15.7 Å². The van der Waals surface area contributed by atoms with Gasteiger partial charge in [0.25, 0.3) is 0 Å². The molecule has 0 atom stereocenters. The van der Waals surface area contributed by atoms with Crippen molar-refractivity contribution in [3.63, 3.8) is 0 Å². The van der Waals surface area contributed by atoms with Gasteiger partial charge in [0.2, 0.25) is 10.0 Å². The van der Waals surface area contributed by atoms with Crippen molar-refractivity contribution in [1.82, 2.24) is 4.72 Å². The lowest BCUT2D eigenvalue weighted by Crippen LogP contribution is -2.70. The maximum Gasteiger partial charge on any atom is 0.216 e. The summed E-state index contributed by atoms with van der Waals surface area (Å²) in [4.78, 5) is 0. The average molecular weight is 270 g/mol. The zero-order valence-corrected chi connectivity index (χ0v) is 10.9. The lowest BCUT2D eigenvalue weighted by molar-refractivity contribution is -0.497. The topological polar surface area (TPSA) is 85.8 Å². The first-order valence-corrected chi connectivity index (χ1v) is 7.78. The van der Waals surface area contributed by atoms with E-state index in [1.165, 1.54) is 0 Å². The Hall–Kier alpha value is -0.950. The van der Waals surface area contributed by atoms with Gasteiger partial charge in [-0.15, -0.1) is 0 Å². The van der Waals surface area contributed by atoms with Crippen LogP contribution in [0.2, 0.25) is 0 Å². The summed E-state index contributed by atoms with van der Waals surface area (Å²) >= 11 is 0. The second kappa shape index (κ2) is 5.79. The second-order valence-corrected chi connectivity index (χ2v) is 6.48. The normalized spacial score (nSPS) is 17.2. The molecule has 1 aromatic carbocycles. The molecule has 1 fully saturated rings.